The zero-order chi connectivity index (χ0) is 15.7. The van der Waals surface area contributed by atoms with Crippen LogP contribution in [0.25, 0.3) is 0 Å². The predicted octanol–water partition coefficient (Wildman–Crippen LogP) is 0.766. The third kappa shape index (κ3) is 2.91. The maximum Gasteiger partial charge on any atom is 0.262 e. The number of aromatic nitrogens is 5. The van der Waals surface area contributed by atoms with E-state index in [0.717, 1.165) is 13.0 Å². The number of imidazole rings is 1. The quantitative estimate of drug-likeness (QED) is 0.811. The van der Waals surface area contributed by atoms with Crippen LogP contribution in [0.4, 0.5) is 0 Å². The first-order valence-electron chi connectivity index (χ1n) is 7.33. The number of nitrogens with zero attached hydrogens (tertiary/aromatic N) is 6. The molecule has 1 aliphatic heterocycles. The SMILES string of the molecule is CC(C)Cn1cnc(S(=O)(=O)N2CC[C@H](n3cncn3)C2)c1. The van der Waals surface area contributed by atoms with Crippen molar-refractivity contribution in [2.75, 3.05) is 13.1 Å². The standard InChI is InChI=1S/C13H20N6O2S/c1-11(2)5-17-7-13(15-10-17)22(20,21)18-4-3-12(6-18)19-9-14-8-16-19/h7-12H,3-6H2,1-2H3/t12-/m0/s1. The Morgan fingerprint density at radius 1 is 1.36 bits per heavy atom. The van der Waals surface area contributed by atoms with Gasteiger partial charge in [-0.3, -0.25) is 0 Å². The first-order chi connectivity index (χ1) is 10.5. The van der Waals surface area contributed by atoms with Crippen LogP contribution in [-0.2, 0) is 16.6 Å². The highest BCUT2D eigenvalue weighted by molar-refractivity contribution is 7.89. The van der Waals surface area contributed by atoms with Crippen molar-refractivity contribution in [1.29, 1.82) is 0 Å². The summed E-state index contributed by atoms with van der Waals surface area (Å²) in [4.78, 5) is 7.98. The fraction of sp³-hybridized carbons (Fsp3) is 0.615. The van der Waals surface area contributed by atoms with Crippen molar-refractivity contribution in [3.8, 4) is 0 Å². The number of hydrogen-bond donors (Lipinski definition) is 0. The van der Waals surface area contributed by atoms with Gasteiger partial charge in [0.15, 0.2) is 5.03 Å². The van der Waals surface area contributed by atoms with Gasteiger partial charge in [0, 0.05) is 25.8 Å². The van der Waals surface area contributed by atoms with Crippen LogP contribution in [-0.4, -0.2) is 50.1 Å². The third-order valence-electron chi connectivity index (χ3n) is 3.73. The van der Waals surface area contributed by atoms with Gasteiger partial charge in [-0.2, -0.15) is 9.40 Å². The summed E-state index contributed by atoms with van der Waals surface area (Å²) >= 11 is 0. The summed E-state index contributed by atoms with van der Waals surface area (Å²) in [6, 6.07) is 0.0371. The van der Waals surface area contributed by atoms with Crippen molar-refractivity contribution in [3.63, 3.8) is 0 Å². The maximum atomic E-state index is 12.7. The second kappa shape index (κ2) is 5.81. The zero-order valence-corrected chi connectivity index (χ0v) is 13.5. The van der Waals surface area contributed by atoms with Crippen LogP contribution >= 0.6 is 0 Å². The second-order valence-corrected chi connectivity index (χ2v) is 7.87. The van der Waals surface area contributed by atoms with Gasteiger partial charge in [-0.05, 0) is 12.3 Å². The van der Waals surface area contributed by atoms with E-state index in [-0.39, 0.29) is 11.1 Å². The monoisotopic (exact) mass is 324 g/mol. The number of rotatable bonds is 5. The molecule has 1 saturated heterocycles. The molecular weight excluding hydrogens is 304 g/mol. The molecule has 22 heavy (non-hydrogen) atoms. The maximum absolute atomic E-state index is 12.7. The molecule has 2 aromatic rings. The first kappa shape index (κ1) is 15.2. The Kier molecular flexibility index (Phi) is 4.00. The molecule has 2 aromatic heterocycles. The van der Waals surface area contributed by atoms with Crippen molar-refractivity contribution in [3.05, 3.63) is 25.2 Å². The molecule has 0 N–H and O–H groups in total. The van der Waals surface area contributed by atoms with Gasteiger partial charge in [-0.15, -0.1) is 0 Å². The molecular formula is C13H20N6O2S. The topological polar surface area (TPSA) is 85.9 Å². The van der Waals surface area contributed by atoms with Crippen molar-refractivity contribution < 1.29 is 8.42 Å². The molecule has 1 atom stereocenters. The molecule has 9 heteroatoms. The van der Waals surface area contributed by atoms with Gasteiger partial charge in [0.2, 0.25) is 0 Å². The van der Waals surface area contributed by atoms with Crippen LogP contribution in [0.2, 0.25) is 0 Å². The Balaban J connectivity index is 1.75. The third-order valence-corrected chi connectivity index (χ3v) is 5.48. The highest BCUT2D eigenvalue weighted by Gasteiger charge is 2.35. The summed E-state index contributed by atoms with van der Waals surface area (Å²) < 4.78 is 30.3. The van der Waals surface area contributed by atoms with E-state index in [1.807, 2.05) is 4.57 Å². The van der Waals surface area contributed by atoms with Crippen LogP contribution in [0, 0.1) is 5.92 Å². The van der Waals surface area contributed by atoms with Gasteiger partial charge in [-0.25, -0.2) is 23.1 Å². The van der Waals surface area contributed by atoms with Crippen molar-refractivity contribution >= 4 is 10.0 Å². The van der Waals surface area contributed by atoms with Crippen LogP contribution < -0.4 is 0 Å². The predicted molar refractivity (Wildman–Crippen MR) is 79.5 cm³/mol. The summed E-state index contributed by atoms with van der Waals surface area (Å²) in [5.41, 5.74) is 0. The van der Waals surface area contributed by atoms with Gasteiger partial charge in [0.1, 0.15) is 12.7 Å². The van der Waals surface area contributed by atoms with E-state index in [1.165, 1.54) is 10.6 Å². The lowest BCUT2D eigenvalue weighted by atomic mass is 10.2. The minimum Gasteiger partial charge on any atom is -0.336 e. The molecule has 1 fully saturated rings. The summed E-state index contributed by atoms with van der Waals surface area (Å²) in [5.74, 6) is 0.438. The Bertz CT molecular complexity index is 722. The fourth-order valence-electron chi connectivity index (χ4n) is 2.68. The van der Waals surface area contributed by atoms with Crippen LogP contribution in [0.3, 0.4) is 0 Å². The molecule has 0 bridgehead atoms. The van der Waals surface area contributed by atoms with E-state index in [0.29, 0.717) is 19.0 Å². The molecule has 3 rings (SSSR count). The van der Waals surface area contributed by atoms with Crippen molar-refractivity contribution in [2.24, 2.45) is 5.92 Å². The van der Waals surface area contributed by atoms with E-state index >= 15 is 0 Å². The first-order valence-corrected chi connectivity index (χ1v) is 8.77. The Hall–Kier alpha value is -1.74. The lowest BCUT2D eigenvalue weighted by Gasteiger charge is -2.14. The normalized spacial score (nSPS) is 20.0. The molecule has 0 spiro atoms. The lowest BCUT2D eigenvalue weighted by molar-refractivity contribution is 0.432. The van der Waals surface area contributed by atoms with E-state index in [9.17, 15) is 8.42 Å². The zero-order valence-electron chi connectivity index (χ0n) is 12.7. The number of hydrogen-bond acceptors (Lipinski definition) is 5. The molecule has 0 amide bonds. The van der Waals surface area contributed by atoms with Gasteiger partial charge in [0.25, 0.3) is 10.0 Å². The molecule has 0 unspecified atom stereocenters. The van der Waals surface area contributed by atoms with Gasteiger partial charge in [-0.1, -0.05) is 13.8 Å². The largest absolute Gasteiger partial charge is 0.336 e. The molecule has 120 valence electrons. The van der Waals surface area contributed by atoms with Crippen LogP contribution in [0.15, 0.2) is 30.2 Å². The second-order valence-electron chi connectivity index (χ2n) is 5.98. The number of sulfonamides is 1. The van der Waals surface area contributed by atoms with Crippen LogP contribution in [0.5, 0.6) is 0 Å². The summed E-state index contributed by atoms with van der Waals surface area (Å²) in [6.45, 7) is 5.80. The lowest BCUT2D eigenvalue weighted by Crippen LogP contribution is -2.29. The molecule has 3 heterocycles. The minimum atomic E-state index is -3.54. The van der Waals surface area contributed by atoms with Crippen molar-refractivity contribution in [1.82, 2.24) is 28.6 Å². The summed E-state index contributed by atoms with van der Waals surface area (Å²) in [5, 5.41) is 4.21. The Morgan fingerprint density at radius 3 is 2.86 bits per heavy atom. The molecule has 0 radical (unpaired) electrons. The fourth-order valence-corrected chi connectivity index (χ4v) is 4.10. The smallest absolute Gasteiger partial charge is 0.262 e. The van der Waals surface area contributed by atoms with Gasteiger partial charge in [0.05, 0.1) is 12.4 Å². The Labute approximate surface area is 129 Å². The molecule has 8 nitrogen and oxygen atoms in total. The minimum absolute atomic E-state index is 0.0371. The van der Waals surface area contributed by atoms with Crippen LogP contribution in [0.1, 0.15) is 26.3 Å². The van der Waals surface area contributed by atoms with Gasteiger partial charge >= 0.3 is 0 Å². The highest BCUT2D eigenvalue weighted by atomic mass is 32.2. The molecule has 0 aliphatic carbocycles. The highest BCUT2D eigenvalue weighted by Crippen LogP contribution is 2.26. The Morgan fingerprint density at radius 2 is 2.18 bits per heavy atom. The van der Waals surface area contributed by atoms with E-state index < -0.39 is 10.0 Å². The summed E-state index contributed by atoms with van der Waals surface area (Å²) in [7, 11) is -3.54. The van der Waals surface area contributed by atoms with Gasteiger partial charge < -0.3 is 4.57 Å². The average Bonchev–Trinajstić information content (AvgIpc) is 3.19. The molecule has 1 aliphatic rings. The van der Waals surface area contributed by atoms with E-state index in [2.05, 4.69) is 28.9 Å². The summed E-state index contributed by atoms with van der Waals surface area (Å²) in [6.07, 6.45) is 7.01. The molecule has 0 aromatic carbocycles. The van der Waals surface area contributed by atoms with E-state index in [1.54, 1.807) is 23.5 Å². The van der Waals surface area contributed by atoms with Crippen molar-refractivity contribution in [2.45, 2.75) is 37.9 Å². The van der Waals surface area contributed by atoms with E-state index in [4.69, 9.17) is 0 Å². The molecule has 0 saturated carbocycles. The average molecular weight is 324 g/mol.